The van der Waals surface area contributed by atoms with E-state index in [0.717, 1.165) is 38.7 Å². The minimum Gasteiger partial charge on any atom is -0.353 e. The molecule has 0 aromatic heterocycles. The third kappa shape index (κ3) is 9.93. The van der Waals surface area contributed by atoms with Crippen molar-refractivity contribution in [2.24, 2.45) is 0 Å². The highest BCUT2D eigenvalue weighted by Gasteiger charge is 2.18. The Labute approximate surface area is 132 Å². The van der Waals surface area contributed by atoms with E-state index >= 15 is 0 Å². The Hall–Kier alpha value is -0.520. The summed E-state index contributed by atoms with van der Waals surface area (Å²) in [5.41, 5.74) is 0. The van der Waals surface area contributed by atoms with Crippen molar-refractivity contribution >= 4 is 0 Å². The van der Waals surface area contributed by atoms with E-state index < -0.39 is 0 Å². The Morgan fingerprint density at radius 3 is 2.62 bits per heavy atom. The molecular weight excluding hydrogens is 260 g/mol. The molecular formula is C19H34O2. The lowest BCUT2D eigenvalue weighted by Gasteiger charge is -2.26. The topological polar surface area (TPSA) is 18.5 Å². The van der Waals surface area contributed by atoms with Gasteiger partial charge in [-0.2, -0.15) is 0 Å². The fraction of sp³-hybridized carbons (Fsp3) is 0.895. The second-order valence-electron chi connectivity index (χ2n) is 6.06. The van der Waals surface area contributed by atoms with Crippen LogP contribution in [0.2, 0.25) is 0 Å². The molecule has 0 N–H and O–H groups in total. The van der Waals surface area contributed by atoms with Crippen molar-refractivity contribution in [2.75, 3.05) is 6.61 Å². The number of hydrogen-bond acceptors (Lipinski definition) is 2. The molecule has 0 bridgehead atoms. The Morgan fingerprint density at radius 1 is 1.05 bits per heavy atom. The van der Waals surface area contributed by atoms with Crippen molar-refractivity contribution in [1.29, 1.82) is 0 Å². The molecule has 1 heterocycles. The molecule has 1 rings (SSSR count). The first-order valence-electron chi connectivity index (χ1n) is 9.09. The van der Waals surface area contributed by atoms with Crippen LogP contribution >= 0.6 is 0 Å². The fourth-order valence-electron chi connectivity index (χ4n) is 2.66. The summed E-state index contributed by atoms with van der Waals surface area (Å²) >= 11 is 0. The van der Waals surface area contributed by atoms with Gasteiger partial charge in [0.1, 0.15) is 0 Å². The molecule has 0 aliphatic carbocycles. The molecule has 122 valence electrons. The Balaban J connectivity index is 2.14. The monoisotopic (exact) mass is 294 g/mol. The van der Waals surface area contributed by atoms with Gasteiger partial charge in [-0.1, -0.05) is 46.0 Å². The van der Waals surface area contributed by atoms with Crippen LogP contribution in [0.25, 0.3) is 0 Å². The lowest BCUT2D eigenvalue weighted by molar-refractivity contribution is -0.188. The summed E-state index contributed by atoms with van der Waals surface area (Å²) in [6.07, 6.45) is 14.5. The molecule has 1 aliphatic rings. The summed E-state index contributed by atoms with van der Waals surface area (Å²) in [5.74, 6) is 6.64. The minimum absolute atomic E-state index is 0.0196. The van der Waals surface area contributed by atoms with Crippen LogP contribution in [0.5, 0.6) is 0 Å². The van der Waals surface area contributed by atoms with E-state index in [1.807, 2.05) is 0 Å². The summed E-state index contributed by atoms with van der Waals surface area (Å²) < 4.78 is 11.7. The summed E-state index contributed by atoms with van der Waals surface area (Å²) in [5, 5.41) is 0. The lowest BCUT2D eigenvalue weighted by Crippen LogP contribution is -2.27. The maximum absolute atomic E-state index is 6.07. The molecule has 0 radical (unpaired) electrons. The van der Waals surface area contributed by atoms with E-state index in [0.29, 0.717) is 0 Å². The van der Waals surface area contributed by atoms with Crippen LogP contribution in [0, 0.1) is 11.8 Å². The second-order valence-corrected chi connectivity index (χ2v) is 6.06. The van der Waals surface area contributed by atoms with Gasteiger partial charge in [-0.3, -0.25) is 0 Å². The molecule has 0 amide bonds. The molecule has 0 spiro atoms. The lowest BCUT2D eigenvalue weighted by atomic mass is 10.1. The zero-order valence-corrected chi connectivity index (χ0v) is 14.2. The van der Waals surface area contributed by atoms with Crippen molar-refractivity contribution in [3.8, 4) is 11.8 Å². The van der Waals surface area contributed by atoms with E-state index in [-0.39, 0.29) is 12.4 Å². The zero-order chi connectivity index (χ0) is 15.2. The molecule has 1 saturated heterocycles. The third-order valence-electron chi connectivity index (χ3n) is 3.95. The number of hydrogen-bond donors (Lipinski definition) is 0. The van der Waals surface area contributed by atoms with Gasteiger partial charge in [0.05, 0.1) is 6.10 Å². The van der Waals surface area contributed by atoms with Crippen molar-refractivity contribution in [3.05, 3.63) is 0 Å². The highest BCUT2D eigenvalue weighted by molar-refractivity contribution is 5.00. The predicted molar refractivity (Wildman–Crippen MR) is 89.1 cm³/mol. The highest BCUT2D eigenvalue weighted by atomic mass is 16.7. The molecule has 0 aromatic carbocycles. The molecule has 2 unspecified atom stereocenters. The SMILES string of the molecule is CCCCCCCC#CCC(CCC)OC1CCCCO1. The standard InChI is InChI=1S/C19H34O2/c1-3-5-6-7-8-9-10-11-15-18(14-4-2)21-19-16-12-13-17-20-19/h18-19H,3-9,12-17H2,1-2H3. The van der Waals surface area contributed by atoms with Gasteiger partial charge in [-0.05, 0) is 32.1 Å². The van der Waals surface area contributed by atoms with E-state index in [1.54, 1.807) is 0 Å². The average molecular weight is 294 g/mol. The smallest absolute Gasteiger partial charge is 0.157 e. The zero-order valence-electron chi connectivity index (χ0n) is 14.2. The number of unbranched alkanes of at least 4 members (excludes halogenated alkanes) is 5. The molecule has 1 aliphatic heterocycles. The summed E-state index contributed by atoms with van der Waals surface area (Å²) in [6, 6.07) is 0. The van der Waals surface area contributed by atoms with Crippen molar-refractivity contribution in [3.63, 3.8) is 0 Å². The van der Waals surface area contributed by atoms with E-state index in [1.165, 1.54) is 44.9 Å². The van der Waals surface area contributed by atoms with Crippen LogP contribution in [0.15, 0.2) is 0 Å². The number of ether oxygens (including phenoxy) is 2. The molecule has 0 saturated carbocycles. The van der Waals surface area contributed by atoms with Gasteiger partial charge in [0.15, 0.2) is 6.29 Å². The Bertz CT molecular complexity index is 284. The first-order chi connectivity index (χ1) is 10.4. The van der Waals surface area contributed by atoms with Gasteiger partial charge in [-0.25, -0.2) is 0 Å². The van der Waals surface area contributed by atoms with Crippen LogP contribution in [0.1, 0.15) is 90.9 Å². The molecule has 2 atom stereocenters. The molecule has 2 heteroatoms. The quantitative estimate of drug-likeness (QED) is 0.394. The number of rotatable bonds is 10. The van der Waals surface area contributed by atoms with Crippen molar-refractivity contribution in [1.82, 2.24) is 0 Å². The Kier molecular flexibility index (Phi) is 11.6. The second kappa shape index (κ2) is 13.2. The van der Waals surface area contributed by atoms with E-state index in [2.05, 4.69) is 25.7 Å². The van der Waals surface area contributed by atoms with Crippen LogP contribution in [-0.2, 0) is 9.47 Å². The van der Waals surface area contributed by atoms with Gasteiger partial charge < -0.3 is 9.47 Å². The summed E-state index contributed by atoms with van der Waals surface area (Å²) in [4.78, 5) is 0. The summed E-state index contributed by atoms with van der Waals surface area (Å²) in [6.45, 7) is 5.32. The fourth-order valence-corrected chi connectivity index (χ4v) is 2.66. The van der Waals surface area contributed by atoms with Gasteiger partial charge >= 0.3 is 0 Å². The van der Waals surface area contributed by atoms with Gasteiger partial charge in [0.2, 0.25) is 0 Å². The van der Waals surface area contributed by atoms with E-state index in [4.69, 9.17) is 9.47 Å². The third-order valence-corrected chi connectivity index (χ3v) is 3.95. The maximum Gasteiger partial charge on any atom is 0.157 e. The minimum atomic E-state index is 0.0196. The summed E-state index contributed by atoms with van der Waals surface area (Å²) in [7, 11) is 0. The highest BCUT2D eigenvalue weighted by Crippen LogP contribution is 2.18. The molecule has 21 heavy (non-hydrogen) atoms. The van der Waals surface area contributed by atoms with Gasteiger partial charge in [0.25, 0.3) is 0 Å². The molecule has 1 fully saturated rings. The van der Waals surface area contributed by atoms with Crippen molar-refractivity contribution < 1.29 is 9.47 Å². The van der Waals surface area contributed by atoms with E-state index in [9.17, 15) is 0 Å². The Morgan fingerprint density at radius 2 is 1.90 bits per heavy atom. The average Bonchev–Trinajstić information content (AvgIpc) is 2.51. The van der Waals surface area contributed by atoms with Crippen LogP contribution in [0.4, 0.5) is 0 Å². The van der Waals surface area contributed by atoms with Gasteiger partial charge in [0, 0.05) is 19.4 Å². The van der Waals surface area contributed by atoms with Crippen LogP contribution < -0.4 is 0 Å². The van der Waals surface area contributed by atoms with Crippen molar-refractivity contribution in [2.45, 2.75) is 103 Å². The predicted octanol–water partition coefficient (Wildman–Crippen LogP) is 5.45. The first kappa shape index (κ1) is 18.5. The van der Waals surface area contributed by atoms with Crippen LogP contribution in [-0.4, -0.2) is 19.0 Å². The molecule has 0 aromatic rings. The first-order valence-corrected chi connectivity index (χ1v) is 9.09. The molecule has 2 nitrogen and oxygen atoms in total. The maximum atomic E-state index is 6.07. The largest absolute Gasteiger partial charge is 0.353 e. The normalized spacial score (nSPS) is 19.8. The van der Waals surface area contributed by atoms with Crippen LogP contribution in [0.3, 0.4) is 0 Å². The van der Waals surface area contributed by atoms with Gasteiger partial charge in [-0.15, -0.1) is 11.8 Å².